The molecule has 0 bridgehead atoms. The van der Waals surface area contributed by atoms with E-state index in [4.69, 9.17) is 11.5 Å². The molecule has 0 aliphatic carbocycles. The van der Waals surface area contributed by atoms with Gasteiger partial charge in [0, 0.05) is 11.2 Å². The predicted octanol–water partition coefficient (Wildman–Crippen LogP) is 3.23. The SMILES string of the molecule is CCC(CC)(CC)Nc1ccc(N)c(N)c1. The van der Waals surface area contributed by atoms with E-state index in [0.29, 0.717) is 11.4 Å². The molecule has 3 nitrogen and oxygen atoms in total. The second-order valence-corrected chi connectivity index (χ2v) is 4.31. The van der Waals surface area contributed by atoms with Crippen molar-refractivity contribution in [3.8, 4) is 0 Å². The van der Waals surface area contributed by atoms with Crippen LogP contribution in [0.3, 0.4) is 0 Å². The first-order chi connectivity index (χ1) is 7.56. The summed E-state index contributed by atoms with van der Waals surface area (Å²) in [5.41, 5.74) is 14.0. The van der Waals surface area contributed by atoms with Gasteiger partial charge in [0.1, 0.15) is 0 Å². The normalized spacial score (nSPS) is 11.4. The first kappa shape index (κ1) is 12.7. The molecule has 0 aliphatic rings. The Morgan fingerprint density at radius 2 is 1.56 bits per heavy atom. The largest absolute Gasteiger partial charge is 0.397 e. The highest BCUT2D eigenvalue weighted by Gasteiger charge is 2.23. The van der Waals surface area contributed by atoms with Crippen LogP contribution in [-0.4, -0.2) is 5.54 Å². The van der Waals surface area contributed by atoms with Gasteiger partial charge < -0.3 is 16.8 Å². The third-order valence-corrected chi connectivity index (χ3v) is 3.53. The Morgan fingerprint density at radius 1 is 1.00 bits per heavy atom. The molecule has 0 amide bonds. The van der Waals surface area contributed by atoms with E-state index < -0.39 is 0 Å². The fourth-order valence-corrected chi connectivity index (χ4v) is 1.97. The molecule has 1 aromatic rings. The molecule has 0 spiro atoms. The average molecular weight is 221 g/mol. The quantitative estimate of drug-likeness (QED) is 0.669. The molecule has 0 saturated carbocycles. The number of benzene rings is 1. The predicted molar refractivity (Wildman–Crippen MR) is 72.5 cm³/mol. The number of nitrogens with two attached hydrogens (primary N) is 2. The van der Waals surface area contributed by atoms with Gasteiger partial charge in [-0.15, -0.1) is 0 Å². The van der Waals surface area contributed by atoms with Gasteiger partial charge in [-0.2, -0.15) is 0 Å². The van der Waals surface area contributed by atoms with E-state index >= 15 is 0 Å². The standard InChI is InChI=1S/C13H23N3/c1-4-13(5-2,6-3)16-10-7-8-11(14)12(15)9-10/h7-9,16H,4-6,14-15H2,1-3H3. The van der Waals surface area contributed by atoms with Crippen molar-refractivity contribution in [1.29, 1.82) is 0 Å². The van der Waals surface area contributed by atoms with Crippen LogP contribution in [0.15, 0.2) is 18.2 Å². The Kier molecular flexibility index (Phi) is 4.05. The molecule has 1 rings (SSSR count). The van der Waals surface area contributed by atoms with Gasteiger partial charge in [0.05, 0.1) is 11.4 Å². The Labute approximate surface area is 98.2 Å². The summed E-state index contributed by atoms with van der Waals surface area (Å²) in [5, 5.41) is 3.57. The van der Waals surface area contributed by atoms with Crippen LogP contribution >= 0.6 is 0 Å². The van der Waals surface area contributed by atoms with E-state index in [0.717, 1.165) is 24.9 Å². The second-order valence-electron chi connectivity index (χ2n) is 4.31. The maximum Gasteiger partial charge on any atom is 0.0568 e. The Hall–Kier alpha value is -1.38. The van der Waals surface area contributed by atoms with E-state index in [1.807, 2.05) is 18.2 Å². The molecule has 0 fully saturated rings. The zero-order chi connectivity index (χ0) is 12.2. The molecule has 16 heavy (non-hydrogen) atoms. The molecule has 5 N–H and O–H groups in total. The van der Waals surface area contributed by atoms with Crippen LogP contribution in [0.2, 0.25) is 0 Å². The van der Waals surface area contributed by atoms with Gasteiger partial charge in [0.2, 0.25) is 0 Å². The molecule has 0 aliphatic heterocycles. The molecule has 0 radical (unpaired) electrons. The summed E-state index contributed by atoms with van der Waals surface area (Å²) in [6.07, 6.45) is 3.30. The second kappa shape index (κ2) is 5.10. The minimum Gasteiger partial charge on any atom is -0.397 e. The summed E-state index contributed by atoms with van der Waals surface area (Å²) in [6, 6.07) is 5.75. The van der Waals surface area contributed by atoms with Gasteiger partial charge in [-0.05, 0) is 37.5 Å². The lowest BCUT2D eigenvalue weighted by atomic mass is 9.89. The summed E-state index contributed by atoms with van der Waals surface area (Å²) in [6.45, 7) is 6.63. The van der Waals surface area contributed by atoms with Crippen LogP contribution in [0.5, 0.6) is 0 Å². The van der Waals surface area contributed by atoms with Crippen LogP contribution < -0.4 is 16.8 Å². The molecule has 90 valence electrons. The lowest BCUT2D eigenvalue weighted by Gasteiger charge is -2.33. The van der Waals surface area contributed by atoms with Crippen LogP contribution in [0.1, 0.15) is 40.0 Å². The number of nitrogen functional groups attached to an aromatic ring is 2. The molecule has 0 heterocycles. The van der Waals surface area contributed by atoms with Crippen molar-refractivity contribution in [3.05, 3.63) is 18.2 Å². The first-order valence-electron chi connectivity index (χ1n) is 6.00. The van der Waals surface area contributed by atoms with Crippen LogP contribution in [0.25, 0.3) is 0 Å². The van der Waals surface area contributed by atoms with Crippen LogP contribution in [0.4, 0.5) is 17.1 Å². The topological polar surface area (TPSA) is 64.1 Å². The minimum absolute atomic E-state index is 0.169. The van der Waals surface area contributed by atoms with E-state index in [9.17, 15) is 0 Å². The summed E-state index contributed by atoms with van der Waals surface area (Å²) in [5.74, 6) is 0. The monoisotopic (exact) mass is 221 g/mol. The molecule has 0 atom stereocenters. The first-order valence-corrected chi connectivity index (χ1v) is 6.00. The van der Waals surface area contributed by atoms with Gasteiger partial charge >= 0.3 is 0 Å². The van der Waals surface area contributed by atoms with Crippen LogP contribution in [0, 0.1) is 0 Å². The molecule has 0 unspecified atom stereocenters. The third kappa shape index (κ3) is 2.60. The van der Waals surface area contributed by atoms with E-state index in [2.05, 4.69) is 26.1 Å². The Bertz CT molecular complexity index is 335. The molecule has 1 aromatic carbocycles. The highest BCUT2D eigenvalue weighted by Crippen LogP contribution is 2.28. The average Bonchev–Trinajstić information content (AvgIpc) is 2.31. The number of anilines is 3. The van der Waals surface area contributed by atoms with E-state index in [-0.39, 0.29) is 5.54 Å². The van der Waals surface area contributed by atoms with Crippen molar-refractivity contribution in [2.24, 2.45) is 0 Å². The smallest absolute Gasteiger partial charge is 0.0568 e. The van der Waals surface area contributed by atoms with Crippen molar-refractivity contribution >= 4 is 17.1 Å². The number of rotatable bonds is 5. The Balaban J connectivity index is 2.89. The summed E-state index contributed by atoms with van der Waals surface area (Å²) in [7, 11) is 0. The van der Waals surface area contributed by atoms with Gasteiger partial charge in [-0.1, -0.05) is 20.8 Å². The fraction of sp³-hybridized carbons (Fsp3) is 0.538. The van der Waals surface area contributed by atoms with E-state index in [1.165, 1.54) is 0 Å². The van der Waals surface area contributed by atoms with Crippen molar-refractivity contribution in [3.63, 3.8) is 0 Å². The highest BCUT2D eigenvalue weighted by molar-refractivity contribution is 5.69. The van der Waals surface area contributed by atoms with Crippen molar-refractivity contribution in [2.45, 2.75) is 45.6 Å². The zero-order valence-electron chi connectivity index (χ0n) is 10.5. The van der Waals surface area contributed by atoms with Gasteiger partial charge in [-0.3, -0.25) is 0 Å². The maximum absolute atomic E-state index is 5.80. The summed E-state index contributed by atoms with van der Waals surface area (Å²) < 4.78 is 0. The molecular weight excluding hydrogens is 198 g/mol. The van der Waals surface area contributed by atoms with Crippen molar-refractivity contribution < 1.29 is 0 Å². The summed E-state index contributed by atoms with van der Waals surface area (Å²) in [4.78, 5) is 0. The number of hydrogen-bond donors (Lipinski definition) is 3. The third-order valence-electron chi connectivity index (χ3n) is 3.53. The number of hydrogen-bond acceptors (Lipinski definition) is 3. The molecule has 3 heteroatoms. The van der Waals surface area contributed by atoms with Crippen molar-refractivity contribution in [2.75, 3.05) is 16.8 Å². The zero-order valence-corrected chi connectivity index (χ0v) is 10.5. The van der Waals surface area contributed by atoms with E-state index in [1.54, 1.807) is 0 Å². The van der Waals surface area contributed by atoms with Gasteiger partial charge in [-0.25, -0.2) is 0 Å². The number of nitrogens with one attached hydrogen (secondary N) is 1. The fourth-order valence-electron chi connectivity index (χ4n) is 1.97. The molecule has 0 aromatic heterocycles. The lowest BCUT2D eigenvalue weighted by molar-refractivity contribution is 0.420. The van der Waals surface area contributed by atoms with Crippen LogP contribution in [-0.2, 0) is 0 Å². The highest BCUT2D eigenvalue weighted by atomic mass is 15.0. The minimum atomic E-state index is 0.169. The maximum atomic E-state index is 5.80. The Morgan fingerprint density at radius 3 is 2.00 bits per heavy atom. The van der Waals surface area contributed by atoms with Gasteiger partial charge in [0.25, 0.3) is 0 Å². The molecular formula is C13H23N3. The molecule has 0 saturated heterocycles. The summed E-state index contributed by atoms with van der Waals surface area (Å²) >= 11 is 0. The van der Waals surface area contributed by atoms with Crippen molar-refractivity contribution in [1.82, 2.24) is 0 Å². The van der Waals surface area contributed by atoms with Gasteiger partial charge in [0.15, 0.2) is 0 Å². The lowest BCUT2D eigenvalue weighted by Crippen LogP contribution is -2.36.